The molecule has 0 heterocycles. The highest BCUT2D eigenvalue weighted by molar-refractivity contribution is 7.93. The normalized spacial score (nSPS) is 13.0. The maximum atomic E-state index is 11.1. The lowest BCUT2D eigenvalue weighted by atomic mass is 10.7. The van der Waals surface area contributed by atoms with Crippen LogP contribution in [0.25, 0.3) is 0 Å². The van der Waals surface area contributed by atoms with Crippen molar-refractivity contribution >= 4 is 19.9 Å². The first kappa shape index (κ1) is 13.8. The Morgan fingerprint density at radius 3 is 2.14 bits per heavy atom. The van der Waals surface area contributed by atoms with Gasteiger partial charge in [0.05, 0.1) is 18.1 Å². The van der Waals surface area contributed by atoms with E-state index in [1.54, 1.807) is 0 Å². The summed E-state index contributed by atoms with van der Waals surface area (Å²) < 4.78 is 50.5. The van der Waals surface area contributed by atoms with Crippen LogP contribution in [0.4, 0.5) is 0 Å². The van der Waals surface area contributed by atoms with Crippen molar-refractivity contribution < 1.29 is 21.6 Å². The highest BCUT2D eigenvalue weighted by Gasteiger charge is 2.13. The minimum atomic E-state index is -3.50. The van der Waals surface area contributed by atoms with Crippen LogP contribution in [0.2, 0.25) is 0 Å². The average Bonchev–Trinajstić information content (AvgIpc) is 2.00. The van der Waals surface area contributed by atoms with Gasteiger partial charge in [-0.05, 0) is 0 Å². The van der Waals surface area contributed by atoms with Gasteiger partial charge >= 0.3 is 0 Å². The zero-order chi connectivity index (χ0) is 11.2. The molecule has 0 atom stereocenters. The number of hydrogen-bond donors (Lipinski definition) is 1. The molecule has 0 saturated carbocycles. The van der Waals surface area contributed by atoms with Crippen LogP contribution in [0.3, 0.4) is 0 Å². The quantitative estimate of drug-likeness (QED) is 0.557. The van der Waals surface area contributed by atoms with E-state index in [9.17, 15) is 16.8 Å². The second-order valence-electron chi connectivity index (χ2n) is 2.84. The second kappa shape index (κ2) is 5.64. The molecule has 0 rings (SSSR count). The van der Waals surface area contributed by atoms with Gasteiger partial charge < -0.3 is 4.74 Å². The van der Waals surface area contributed by atoms with Gasteiger partial charge in [0, 0.05) is 19.9 Å². The summed E-state index contributed by atoms with van der Waals surface area (Å²) in [6.07, 6.45) is 0.998. The molecule has 0 saturated heterocycles. The van der Waals surface area contributed by atoms with Gasteiger partial charge in [-0.1, -0.05) is 0 Å². The Bertz CT molecular complexity index is 344. The Labute approximate surface area is 84.6 Å². The first-order valence-electron chi connectivity index (χ1n) is 3.91. The summed E-state index contributed by atoms with van der Waals surface area (Å²) in [5.41, 5.74) is 0. The van der Waals surface area contributed by atoms with Gasteiger partial charge in [0.25, 0.3) is 0 Å². The summed E-state index contributed by atoms with van der Waals surface area (Å²) in [6.45, 7) is 0.417. The second-order valence-corrected chi connectivity index (χ2v) is 7.02. The minimum Gasteiger partial charge on any atom is -0.383 e. The molecule has 0 spiro atoms. The van der Waals surface area contributed by atoms with Gasteiger partial charge in [-0.25, -0.2) is 21.6 Å². The predicted molar refractivity (Wildman–Crippen MR) is 53.4 cm³/mol. The Morgan fingerprint density at radius 1 is 1.14 bits per heavy atom. The van der Waals surface area contributed by atoms with Crippen molar-refractivity contribution in [3.05, 3.63) is 0 Å². The minimum absolute atomic E-state index is 0.155. The van der Waals surface area contributed by atoms with Crippen molar-refractivity contribution in [2.75, 3.05) is 38.0 Å². The highest BCUT2D eigenvalue weighted by Crippen LogP contribution is 1.89. The summed E-state index contributed by atoms with van der Waals surface area (Å²) in [5, 5.41) is 0. The molecule has 0 aliphatic heterocycles. The lowest BCUT2D eigenvalue weighted by Crippen LogP contribution is -2.31. The predicted octanol–water partition coefficient (Wildman–Crippen LogP) is -1.40. The molecule has 0 aliphatic carbocycles. The third kappa shape index (κ3) is 8.42. The maximum Gasteiger partial charge on any atom is 0.212 e. The lowest BCUT2D eigenvalue weighted by molar-refractivity contribution is 0.204. The third-order valence-electron chi connectivity index (χ3n) is 1.35. The molecule has 86 valence electrons. The number of hydrogen-bond acceptors (Lipinski definition) is 5. The highest BCUT2D eigenvalue weighted by atomic mass is 32.2. The van der Waals surface area contributed by atoms with Gasteiger partial charge in [-0.15, -0.1) is 0 Å². The van der Waals surface area contributed by atoms with Crippen molar-refractivity contribution in [3.8, 4) is 0 Å². The van der Waals surface area contributed by atoms with E-state index >= 15 is 0 Å². The molecule has 0 radical (unpaired) electrons. The molecule has 1 N–H and O–H groups in total. The molecule has 0 unspecified atom stereocenters. The van der Waals surface area contributed by atoms with E-state index in [-0.39, 0.29) is 18.9 Å². The van der Waals surface area contributed by atoms with Crippen molar-refractivity contribution in [2.45, 2.75) is 0 Å². The van der Waals surface area contributed by atoms with E-state index in [1.165, 1.54) is 7.11 Å². The molecule has 0 fully saturated rings. The molecule has 0 aromatic heterocycles. The Balaban J connectivity index is 3.97. The van der Waals surface area contributed by atoms with E-state index in [0.29, 0.717) is 0 Å². The summed E-state index contributed by atoms with van der Waals surface area (Å²) in [4.78, 5) is 0. The zero-order valence-corrected chi connectivity index (χ0v) is 9.82. The van der Waals surface area contributed by atoms with Crippen LogP contribution >= 0.6 is 0 Å². The molecule has 14 heavy (non-hydrogen) atoms. The van der Waals surface area contributed by atoms with Gasteiger partial charge in [0.15, 0.2) is 0 Å². The van der Waals surface area contributed by atoms with Gasteiger partial charge in [-0.3, -0.25) is 0 Å². The summed E-state index contributed by atoms with van der Waals surface area (Å²) in [7, 11) is -5.29. The van der Waals surface area contributed by atoms with Crippen LogP contribution in [0.5, 0.6) is 0 Å². The molecule has 0 aliphatic rings. The largest absolute Gasteiger partial charge is 0.383 e. The van der Waals surface area contributed by atoms with Crippen LogP contribution in [0, 0.1) is 0 Å². The van der Waals surface area contributed by atoms with Gasteiger partial charge in [-0.2, -0.15) is 0 Å². The number of methoxy groups -OCH3 is 1. The van der Waals surface area contributed by atoms with Crippen LogP contribution in [0.1, 0.15) is 0 Å². The van der Waals surface area contributed by atoms with Crippen molar-refractivity contribution in [1.29, 1.82) is 0 Å². The smallest absolute Gasteiger partial charge is 0.212 e. The molecule has 0 bridgehead atoms. The summed E-state index contributed by atoms with van der Waals surface area (Å²) in [5.74, 6) is -0.773. The molecular formula is C6H15NO5S2. The van der Waals surface area contributed by atoms with Crippen molar-refractivity contribution in [1.82, 2.24) is 4.72 Å². The SMILES string of the molecule is COCCNS(=O)(=O)CCS(C)(=O)=O. The topological polar surface area (TPSA) is 89.5 Å². The molecule has 6 nitrogen and oxygen atoms in total. The van der Waals surface area contributed by atoms with E-state index in [0.717, 1.165) is 6.26 Å². The molecule has 0 amide bonds. The van der Waals surface area contributed by atoms with Gasteiger partial charge in [0.2, 0.25) is 10.0 Å². The standard InChI is InChI=1S/C6H15NO5S2/c1-12-4-3-7-14(10,11)6-5-13(2,8)9/h7H,3-6H2,1-2H3. The fourth-order valence-electron chi connectivity index (χ4n) is 0.632. The summed E-state index contributed by atoms with van der Waals surface area (Å²) >= 11 is 0. The van der Waals surface area contributed by atoms with E-state index in [4.69, 9.17) is 0 Å². The van der Waals surface area contributed by atoms with Gasteiger partial charge in [0.1, 0.15) is 9.84 Å². The monoisotopic (exact) mass is 245 g/mol. The van der Waals surface area contributed by atoms with Crippen LogP contribution in [-0.4, -0.2) is 54.9 Å². The van der Waals surface area contributed by atoms with Crippen LogP contribution < -0.4 is 4.72 Å². The van der Waals surface area contributed by atoms with Crippen molar-refractivity contribution in [2.24, 2.45) is 0 Å². The van der Waals surface area contributed by atoms with E-state index < -0.39 is 25.6 Å². The fourth-order valence-corrected chi connectivity index (χ4v) is 3.26. The molecule has 0 aromatic rings. The Hall–Kier alpha value is -0.180. The average molecular weight is 245 g/mol. The molecule has 0 aromatic carbocycles. The fraction of sp³-hybridized carbons (Fsp3) is 1.00. The number of nitrogens with one attached hydrogen (secondary N) is 1. The Kier molecular flexibility index (Phi) is 5.57. The first-order valence-corrected chi connectivity index (χ1v) is 7.62. The molecule has 8 heteroatoms. The van der Waals surface area contributed by atoms with Crippen LogP contribution in [0.15, 0.2) is 0 Å². The van der Waals surface area contributed by atoms with Crippen LogP contribution in [-0.2, 0) is 24.6 Å². The number of rotatable bonds is 7. The first-order chi connectivity index (χ1) is 6.27. The Morgan fingerprint density at radius 2 is 1.71 bits per heavy atom. The number of sulfone groups is 1. The number of ether oxygens (including phenoxy) is 1. The van der Waals surface area contributed by atoms with Crippen molar-refractivity contribution in [3.63, 3.8) is 0 Å². The maximum absolute atomic E-state index is 11.1. The van der Waals surface area contributed by atoms with E-state index in [1.807, 2.05) is 0 Å². The molecular weight excluding hydrogens is 230 g/mol. The summed E-state index contributed by atoms with van der Waals surface area (Å²) in [6, 6.07) is 0. The third-order valence-corrected chi connectivity index (χ3v) is 3.94. The zero-order valence-electron chi connectivity index (χ0n) is 8.19. The lowest BCUT2D eigenvalue weighted by Gasteiger charge is -2.04. The number of sulfonamides is 1. The van der Waals surface area contributed by atoms with E-state index in [2.05, 4.69) is 9.46 Å².